The van der Waals surface area contributed by atoms with Gasteiger partial charge in [-0.1, -0.05) is 6.07 Å². The van der Waals surface area contributed by atoms with Gasteiger partial charge < -0.3 is 15.3 Å². The molecule has 1 unspecified atom stereocenters. The number of amides is 2. The minimum absolute atomic E-state index is 0.0367. The number of hydrogen-bond acceptors (Lipinski definition) is 2. The predicted octanol–water partition coefficient (Wildman–Crippen LogP) is 1.97. The van der Waals surface area contributed by atoms with Gasteiger partial charge in [0.2, 0.25) is 0 Å². The number of aliphatic carboxylic acids is 1. The van der Waals surface area contributed by atoms with E-state index in [-0.39, 0.29) is 30.5 Å². The van der Waals surface area contributed by atoms with Gasteiger partial charge >= 0.3 is 12.0 Å². The van der Waals surface area contributed by atoms with Crippen LogP contribution in [0, 0.1) is 17.6 Å². The second-order valence-corrected chi connectivity index (χ2v) is 5.09. The van der Waals surface area contributed by atoms with Crippen molar-refractivity contribution in [1.29, 1.82) is 0 Å². The molecule has 2 amide bonds. The molecular weight excluding hydrogens is 282 g/mol. The van der Waals surface area contributed by atoms with E-state index >= 15 is 0 Å². The van der Waals surface area contributed by atoms with E-state index in [4.69, 9.17) is 5.11 Å². The highest BCUT2D eigenvalue weighted by atomic mass is 19.1. The third-order valence-electron chi connectivity index (χ3n) is 3.48. The number of halogens is 2. The van der Waals surface area contributed by atoms with Crippen molar-refractivity contribution < 1.29 is 23.5 Å². The van der Waals surface area contributed by atoms with Crippen molar-refractivity contribution in [3.05, 3.63) is 35.4 Å². The summed E-state index contributed by atoms with van der Waals surface area (Å²) in [5, 5.41) is 11.3. The lowest BCUT2D eigenvalue weighted by Gasteiger charge is -2.17. The van der Waals surface area contributed by atoms with Crippen LogP contribution in [0.4, 0.5) is 13.6 Å². The van der Waals surface area contributed by atoms with E-state index in [1.54, 1.807) is 0 Å². The van der Waals surface area contributed by atoms with E-state index in [1.165, 1.54) is 11.0 Å². The molecule has 1 aromatic carbocycles. The average Bonchev–Trinajstić information content (AvgIpc) is 2.85. The molecule has 0 radical (unpaired) electrons. The van der Waals surface area contributed by atoms with Crippen LogP contribution in [-0.4, -0.2) is 35.1 Å². The molecule has 21 heavy (non-hydrogen) atoms. The summed E-state index contributed by atoms with van der Waals surface area (Å²) < 4.78 is 26.2. The third-order valence-corrected chi connectivity index (χ3v) is 3.48. The van der Waals surface area contributed by atoms with E-state index in [2.05, 4.69) is 5.32 Å². The monoisotopic (exact) mass is 298 g/mol. The molecule has 1 aliphatic rings. The summed E-state index contributed by atoms with van der Waals surface area (Å²) in [6, 6.07) is 2.80. The van der Waals surface area contributed by atoms with Gasteiger partial charge in [0.1, 0.15) is 11.6 Å². The highest BCUT2D eigenvalue weighted by Crippen LogP contribution is 2.19. The van der Waals surface area contributed by atoms with Crippen LogP contribution in [0.15, 0.2) is 18.2 Å². The Hall–Kier alpha value is -2.18. The molecule has 0 spiro atoms. The molecule has 0 aliphatic carbocycles. The number of nitrogens with zero attached hydrogens (tertiary/aromatic N) is 1. The number of urea groups is 1. The number of carboxylic acids is 1. The molecule has 1 fully saturated rings. The minimum Gasteiger partial charge on any atom is -0.481 e. The zero-order valence-corrected chi connectivity index (χ0v) is 11.3. The molecule has 1 heterocycles. The van der Waals surface area contributed by atoms with Crippen LogP contribution in [0.1, 0.15) is 18.4 Å². The van der Waals surface area contributed by atoms with Gasteiger partial charge in [-0.15, -0.1) is 0 Å². The highest BCUT2D eigenvalue weighted by molar-refractivity contribution is 5.74. The first-order valence-electron chi connectivity index (χ1n) is 6.64. The molecule has 1 aliphatic heterocycles. The van der Waals surface area contributed by atoms with Crippen molar-refractivity contribution in [1.82, 2.24) is 10.2 Å². The lowest BCUT2D eigenvalue weighted by atomic mass is 10.1. The van der Waals surface area contributed by atoms with Gasteiger partial charge in [0.15, 0.2) is 0 Å². The van der Waals surface area contributed by atoms with Crippen molar-refractivity contribution in [3.63, 3.8) is 0 Å². The van der Waals surface area contributed by atoms with Crippen molar-refractivity contribution in [2.45, 2.75) is 19.4 Å². The standard InChI is InChI=1S/C14H16F2N2O3/c15-11-2-1-10(12(16)6-11)7-17-14(21)18-4-3-9(8-18)5-13(19)20/h1-2,6,9H,3-5,7-8H2,(H,17,21)(H,19,20). The number of carboxylic acid groups (broad SMARTS) is 1. The molecule has 114 valence electrons. The van der Waals surface area contributed by atoms with Crippen molar-refractivity contribution in [2.24, 2.45) is 5.92 Å². The molecule has 1 aromatic rings. The number of nitrogens with one attached hydrogen (secondary N) is 1. The lowest BCUT2D eigenvalue weighted by Crippen LogP contribution is -2.38. The Balaban J connectivity index is 1.84. The maximum absolute atomic E-state index is 13.4. The fourth-order valence-corrected chi connectivity index (χ4v) is 2.38. The molecule has 1 atom stereocenters. The Morgan fingerprint density at radius 2 is 2.14 bits per heavy atom. The summed E-state index contributed by atoms with van der Waals surface area (Å²) in [4.78, 5) is 24.0. The van der Waals surface area contributed by atoms with Crippen LogP contribution in [-0.2, 0) is 11.3 Å². The van der Waals surface area contributed by atoms with Crippen LogP contribution in [0.3, 0.4) is 0 Å². The van der Waals surface area contributed by atoms with Gasteiger partial charge in [-0.3, -0.25) is 4.79 Å². The van der Waals surface area contributed by atoms with Crippen LogP contribution >= 0.6 is 0 Å². The number of rotatable bonds is 4. The van der Waals surface area contributed by atoms with Gasteiger partial charge in [-0.25, -0.2) is 13.6 Å². The molecule has 0 bridgehead atoms. The van der Waals surface area contributed by atoms with Crippen molar-refractivity contribution in [2.75, 3.05) is 13.1 Å². The summed E-state index contributed by atoms with van der Waals surface area (Å²) in [6.45, 7) is 0.824. The molecule has 0 saturated carbocycles. The second kappa shape index (κ2) is 6.51. The molecule has 2 rings (SSSR count). The summed E-state index contributed by atoms with van der Waals surface area (Å²) in [6.07, 6.45) is 0.682. The maximum atomic E-state index is 13.4. The Morgan fingerprint density at radius 3 is 2.81 bits per heavy atom. The second-order valence-electron chi connectivity index (χ2n) is 5.09. The first kappa shape index (κ1) is 15.2. The quantitative estimate of drug-likeness (QED) is 0.893. The van der Waals surface area contributed by atoms with Gasteiger partial charge in [0, 0.05) is 37.7 Å². The topological polar surface area (TPSA) is 69.6 Å². The Kier molecular flexibility index (Phi) is 4.72. The number of benzene rings is 1. The molecule has 1 saturated heterocycles. The van der Waals surface area contributed by atoms with Gasteiger partial charge in [0.05, 0.1) is 0 Å². The van der Waals surface area contributed by atoms with Crippen LogP contribution in [0.5, 0.6) is 0 Å². The average molecular weight is 298 g/mol. The first-order valence-corrected chi connectivity index (χ1v) is 6.64. The van der Waals surface area contributed by atoms with E-state index in [0.717, 1.165) is 12.1 Å². The maximum Gasteiger partial charge on any atom is 0.317 e. The van der Waals surface area contributed by atoms with Crippen molar-refractivity contribution >= 4 is 12.0 Å². The van der Waals surface area contributed by atoms with Gasteiger partial charge in [-0.2, -0.15) is 0 Å². The number of carbonyl (C=O) groups excluding carboxylic acids is 1. The minimum atomic E-state index is -0.879. The summed E-state index contributed by atoms with van der Waals surface area (Å²) >= 11 is 0. The smallest absolute Gasteiger partial charge is 0.317 e. The zero-order valence-electron chi connectivity index (χ0n) is 11.3. The zero-order chi connectivity index (χ0) is 15.4. The third kappa shape index (κ3) is 4.14. The van der Waals surface area contributed by atoms with Gasteiger partial charge in [0.25, 0.3) is 0 Å². The van der Waals surface area contributed by atoms with Gasteiger partial charge in [-0.05, 0) is 18.4 Å². The molecular formula is C14H16F2N2O3. The van der Waals surface area contributed by atoms with E-state index in [1.807, 2.05) is 0 Å². The Morgan fingerprint density at radius 1 is 1.38 bits per heavy atom. The summed E-state index contributed by atoms with van der Waals surface area (Å²) in [5.41, 5.74) is 0.200. The summed E-state index contributed by atoms with van der Waals surface area (Å²) in [5.74, 6) is -2.30. The number of likely N-dealkylation sites (tertiary alicyclic amines) is 1. The van der Waals surface area contributed by atoms with Crippen LogP contribution in [0.25, 0.3) is 0 Å². The lowest BCUT2D eigenvalue weighted by molar-refractivity contribution is -0.138. The molecule has 0 aromatic heterocycles. The largest absolute Gasteiger partial charge is 0.481 e. The SMILES string of the molecule is O=C(O)CC1CCN(C(=O)NCc2ccc(F)cc2F)C1. The predicted molar refractivity (Wildman–Crippen MR) is 70.5 cm³/mol. The van der Waals surface area contributed by atoms with Crippen LogP contribution in [0.2, 0.25) is 0 Å². The van der Waals surface area contributed by atoms with Crippen molar-refractivity contribution in [3.8, 4) is 0 Å². The van der Waals surface area contributed by atoms with E-state index in [9.17, 15) is 18.4 Å². The Labute approximate surface area is 120 Å². The molecule has 5 nitrogen and oxygen atoms in total. The number of hydrogen-bond donors (Lipinski definition) is 2. The molecule has 2 N–H and O–H groups in total. The highest BCUT2D eigenvalue weighted by Gasteiger charge is 2.27. The fraction of sp³-hybridized carbons (Fsp3) is 0.429. The normalized spacial score (nSPS) is 17.8. The van der Waals surface area contributed by atoms with Crippen LogP contribution < -0.4 is 5.32 Å². The number of carbonyl (C=O) groups is 2. The molecule has 7 heteroatoms. The fourth-order valence-electron chi connectivity index (χ4n) is 2.38. The summed E-state index contributed by atoms with van der Waals surface area (Å²) in [7, 11) is 0. The van der Waals surface area contributed by atoms with E-state index in [0.29, 0.717) is 19.5 Å². The van der Waals surface area contributed by atoms with E-state index < -0.39 is 17.6 Å². The Bertz CT molecular complexity index is 551. The first-order chi connectivity index (χ1) is 9.95.